The number of ketones is 3. The van der Waals surface area contributed by atoms with Gasteiger partial charge in [0.1, 0.15) is 42.0 Å². The Morgan fingerprint density at radius 3 is 2.14 bits per heavy atom. The standard InChI is InChI=1S/C59H87NO16/c1-34-18-14-13-15-19-35(2)47(74-54-50(71-10)31-43(69-8)32-51(54)72-11)30-42-23-21-40(7)59(68,76-42)56(65)57(66)60-25-17-16-20-44(60)58(67)75-48(37(4)28-41-22-24-45(61)49(29-41)70-9)33-46(62)36(3)27-39(6)53(64)55(73-12)52(63)38(5)26-34/h13-15,18-19,27,31-32,34,36-38,40-42,44-45,47-49,53,55,61,64,68H,16-17,20-26,28-30,33H2,1-12H3/b15-13+,18-14+,35-19+,39-27+/t34-,36-,37-,38-,40-,41-,42+,44+,45-,47-,48+,49-,53-,55+,59-/m1/s1. The first-order valence-electron chi connectivity index (χ1n) is 27.2. The molecule has 1 aromatic carbocycles. The van der Waals surface area contributed by atoms with Gasteiger partial charge in [-0.25, -0.2) is 4.79 Å². The van der Waals surface area contributed by atoms with Gasteiger partial charge >= 0.3 is 5.97 Å². The molecule has 1 amide bonds. The van der Waals surface area contributed by atoms with Crippen LogP contribution >= 0.6 is 0 Å². The van der Waals surface area contributed by atoms with Crippen molar-refractivity contribution in [3.05, 3.63) is 59.7 Å². The largest absolute Gasteiger partial charge is 0.496 e. The summed E-state index contributed by atoms with van der Waals surface area (Å²) in [4.78, 5) is 73.0. The molecular weight excluding hydrogens is 979 g/mol. The van der Waals surface area contributed by atoms with Gasteiger partial charge in [0.2, 0.25) is 11.5 Å². The number of benzene rings is 1. The second kappa shape index (κ2) is 28.6. The molecule has 3 aliphatic heterocycles. The van der Waals surface area contributed by atoms with E-state index in [1.54, 1.807) is 53.0 Å². The Morgan fingerprint density at radius 2 is 1.50 bits per heavy atom. The highest BCUT2D eigenvalue weighted by Gasteiger charge is 2.53. The topological polar surface area (TPSA) is 223 Å². The molecule has 3 fully saturated rings. The Labute approximate surface area is 450 Å². The van der Waals surface area contributed by atoms with Crippen molar-refractivity contribution in [2.75, 3.05) is 42.1 Å². The van der Waals surface area contributed by atoms with Gasteiger partial charge in [-0.15, -0.1) is 0 Å². The lowest BCUT2D eigenvalue weighted by Gasteiger charge is -2.43. The van der Waals surface area contributed by atoms with E-state index < -0.39 is 83.9 Å². The third kappa shape index (κ3) is 15.6. The van der Waals surface area contributed by atoms with Gasteiger partial charge in [0.15, 0.2) is 17.3 Å². The van der Waals surface area contributed by atoms with Gasteiger partial charge < -0.3 is 58.1 Å². The smallest absolute Gasteiger partial charge is 0.329 e. The monoisotopic (exact) mass is 1070 g/mol. The molecule has 76 heavy (non-hydrogen) atoms. The van der Waals surface area contributed by atoms with Gasteiger partial charge in [0, 0.05) is 63.5 Å². The first-order chi connectivity index (χ1) is 36.1. The number of carbonyl (C=O) groups is 5. The maximum Gasteiger partial charge on any atom is 0.329 e. The minimum atomic E-state index is -2.55. The predicted octanol–water partition coefficient (Wildman–Crippen LogP) is 7.64. The number of Topliss-reactive ketones (excluding diaryl/α,β-unsaturated/α-hetero) is 3. The summed E-state index contributed by atoms with van der Waals surface area (Å²) in [6.45, 7) is 12.6. The molecule has 0 radical (unpaired) electrons. The molecule has 1 aliphatic carbocycles. The van der Waals surface area contributed by atoms with E-state index >= 15 is 0 Å². The van der Waals surface area contributed by atoms with Crippen LogP contribution in [-0.2, 0) is 42.9 Å². The van der Waals surface area contributed by atoms with Crippen LogP contribution in [0.4, 0.5) is 0 Å². The van der Waals surface area contributed by atoms with Gasteiger partial charge in [-0.1, -0.05) is 71.1 Å². The molecule has 15 atom stereocenters. The molecule has 0 spiro atoms. The molecule has 5 rings (SSSR count). The van der Waals surface area contributed by atoms with E-state index in [1.165, 1.54) is 33.3 Å². The summed E-state index contributed by atoms with van der Waals surface area (Å²) in [5, 5.41) is 34.4. The molecule has 0 aromatic heterocycles. The number of rotatable bonds is 10. The van der Waals surface area contributed by atoms with Crippen molar-refractivity contribution in [1.29, 1.82) is 0 Å². The Kier molecular flexibility index (Phi) is 23.3. The molecule has 0 unspecified atom stereocenters. The van der Waals surface area contributed by atoms with Crippen LogP contribution in [0.5, 0.6) is 23.0 Å². The number of cyclic esters (lactones) is 1. The van der Waals surface area contributed by atoms with E-state index in [4.69, 9.17) is 37.9 Å². The molecule has 3 N–H and O–H groups in total. The number of piperidine rings is 1. The van der Waals surface area contributed by atoms with Crippen LogP contribution in [0.3, 0.4) is 0 Å². The summed E-state index contributed by atoms with van der Waals surface area (Å²) < 4.78 is 47.5. The second-order valence-corrected chi connectivity index (χ2v) is 21.8. The number of nitrogens with zero attached hydrogens (tertiary/aromatic N) is 1. The minimum Gasteiger partial charge on any atom is -0.496 e. The zero-order valence-electron chi connectivity index (χ0n) is 47.0. The van der Waals surface area contributed by atoms with Gasteiger partial charge in [0.25, 0.3) is 11.7 Å². The number of aliphatic hydroxyl groups excluding tert-OH is 2. The fraction of sp³-hybridized carbons (Fsp3) is 0.678. The first-order valence-corrected chi connectivity index (χ1v) is 27.2. The summed E-state index contributed by atoms with van der Waals surface area (Å²) in [5.41, 5.74) is 1.10. The molecule has 2 saturated heterocycles. The maximum absolute atomic E-state index is 14.6. The van der Waals surface area contributed by atoms with Crippen LogP contribution in [0.2, 0.25) is 0 Å². The SMILES string of the molecule is COc1cc(OC)c(O[C@@H]2C[C@@H]3CC[C@@H](C)[C@@](O)(O3)C(=O)C(=O)N3CCCC[C@H]3C(=O)O[C@H]([C@H](C)C[C@H]3CC[C@@H](O)[C@H](OC)C3)CC(=O)[C@H](C)/C=C(\C)[C@@H](O)[C@@H](OC)C(=O)[C@H](C)C[C@H](C)/C=C/C=C/C=C/2C)c(OC)c1. The number of esters is 1. The molecular formula is C59H87NO16. The van der Waals surface area contributed by atoms with Crippen molar-refractivity contribution < 1.29 is 77.2 Å². The number of aliphatic hydroxyl groups is 3. The summed E-state index contributed by atoms with van der Waals surface area (Å²) in [6, 6.07) is 2.13. The van der Waals surface area contributed by atoms with E-state index in [1.807, 2.05) is 51.2 Å². The van der Waals surface area contributed by atoms with Crippen molar-refractivity contribution in [2.24, 2.45) is 35.5 Å². The second-order valence-electron chi connectivity index (χ2n) is 21.8. The summed E-state index contributed by atoms with van der Waals surface area (Å²) in [6.07, 6.45) is 9.69. The highest BCUT2D eigenvalue weighted by molar-refractivity contribution is 6.39. The lowest BCUT2D eigenvalue weighted by Crippen LogP contribution is -2.61. The van der Waals surface area contributed by atoms with E-state index in [0.29, 0.717) is 80.6 Å². The van der Waals surface area contributed by atoms with Crippen LogP contribution in [0.25, 0.3) is 0 Å². The number of methoxy groups -OCH3 is 5. The average Bonchev–Trinajstić information content (AvgIpc) is 3.40. The van der Waals surface area contributed by atoms with Crippen LogP contribution in [0, 0.1) is 35.5 Å². The van der Waals surface area contributed by atoms with Crippen molar-refractivity contribution in [3.8, 4) is 23.0 Å². The molecule has 4 aliphatic rings. The zero-order valence-corrected chi connectivity index (χ0v) is 47.0. The van der Waals surface area contributed by atoms with Gasteiger partial charge in [-0.2, -0.15) is 0 Å². The molecule has 17 heteroatoms. The number of fused-ring (bicyclic) bond motifs is 3. The minimum absolute atomic E-state index is 0.0421. The van der Waals surface area contributed by atoms with Crippen molar-refractivity contribution in [1.82, 2.24) is 4.90 Å². The van der Waals surface area contributed by atoms with Crippen molar-refractivity contribution in [2.45, 2.75) is 180 Å². The van der Waals surface area contributed by atoms with Gasteiger partial charge in [-0.05, 0) is 107 Å². The Balaban J connectivity index is 1.54. The molecule has 424 valence electrons. The lowest BCUT2D eigenvalue weighted by atomic mass is 9.78. The third-order valence-electron chi connectivity index (χ3n) is 16.1. The number of amides is 1. The van der Waals surface area contributed by atoms with E-state index in [9.17, 15) is 39.3 Å². The Morgan fingerprint density at radius 1 is 0.803 bits per heavy atom. The molecule has 2 bridgehead atoms. The summed E-state index contributed by atoms with van der Waals surface area (Å²) >= 11 is 0. The van der Waals surface area contributed by atoms with Crippen LogP contribution in [0.15, 0.2) is 59.7 Å². The fourth-order valence-electron chi connectivity index (χ4n) is 11.2. The van der Waals surface area contributed by atoms with Crippen LogP contribution < -0.4 is 18.9 Å². The number of ether oxygens (including phenoxy) is 8. The average molecular weight is 1070 g/mol. The van der Waals surface area contributed by atoms with Gasteiger partial charge in [0.05, 0.1) is 39.6 Å². The number of hydrogen-bond donors (Lipinski definition) is 3. The zero-order chi connectivity index (χ0) is 56.0. The number of hydrogen-bond acceptors (Lipinski definition) is 16. The van der Waals surface area contributed by atoms with Gasteiger partial charge in [-0.3, -0.25) is 19.2 Å². The molecule has 1 saturated carbocycles. The molecule has 3 heterocycles. The summed E-state index contributed by atoms with van der Waals surface area (Å²) in [5.74, 6) is -7.15. The quantitative estimate of drug-likeness (QED) is 0.116. The number of carbonyl (C=O) groups excluding carboxylic acids is 5. The predicted molar refractivity (Wildman–Crippen MR) is 285 cm³/mol. The van der Waals surface area contributed by atoms with E-state index in [0.717, 1.165) is 5.57 Å². The van der Waals surface area contributed by atoms with E-state index in [-0.39, 0.29) is 67.0 Å². The Bertz CT molecular complexity index is 2250. The molecule has 1 aromatic rings. The van der Waals surface area contributed by atoms with Crippen LogP contribution in [-0.4, -0.2) is 146 Å². The van der Waals surface area contributed by atoms with Crippen molar-refractivity contribution >= 4 is 29.2 Å². The third-order valence-corrected chi connectivity index (χ3v) is 16.1. The van der Waals surface area contributed by atoms with Crippen molar-refractivity contribution in [3.63, 3.8) is 0 Å². The fourth-order valence-corrected chi connectivity index (χ4v) is 11.2. The first kappa shape index (κ1) is 61.9. The van der Waals surface area contributed by atoms with E-state index in [2.05, 4.69) is 0 Å². The number of allylic oxidation sites excluding steroid dienone is 6. The maximum atomic E-state index is 14.6. The highest BCUT2D eigenvalue weighted by Crippen LogP contribution is 2.44. The lowest BCUT2D eigenvalue weighted by molar-refractivity contribution is -0.265. The van der Waals surface area contributed by atoms with Crippen LogP contribution in [0.1, 0.15) is 126 Å². The molecule has 17 nitrogen and oxygen atoms in total. The Hall–Kier alpha value is -4.91. The highest BCUT2D eigenvalue weighted by atomic mass is 16.6. The normalized spacial score (nSPS) is 36.1. The summed E-state index contributed by atoms with van der Waals surface area (Å²) in [7, 11) is 7.43.